The third kappa shape index (κ3) is 2.66. The number of hydrogen-bond acceptors (Lipinski definition) is 2. The third-order valence-electron chi connectivity index (χ3n) is 2.03. The molecule has 0 bridgehead atoms. The number of carbonyl (C=O) groups is 1. The molecule has 0 aliphatic rings. The highest BCUT2D eigenvalue weighted by atomic mass is 19.3. The van der Waals surface area contributed by atoms with Gasteiger partial charge in [-0.2, -0.15) is 17.6 Å². The largest absolute Gasteiger partial charge is 0.477 e. The molecule has 0 saturated carbocycles. The van der Waals surface area contributed by atoms with Gasteiger partial charge in [0.1, 0.15) is 5.75 Å². The van der Waals surface area contributed by atoms with Gasteiger partial charge in [0.25, 0.3) is 0 Å². The number of ether oxygens (including phenoxy) is 1. The van der Waals surface area contributed by atoms with Crippen LogP contribution in [-0.4, -0.2) is 17.7 Å². The van der Waals surface area contributed by atoms with E-state index in [1.807, 2.05) is 0 Å². The number of para-hydroxylation sites is 1. The van der Waals surface area contributed by atoms with Gasteiger partial charge >= 0.3 is 18.5 Å². The Kier molecular flexibility index (Phi) is 3.59. The maximum Gasteiger partial charge on any atom is 0.387 e. The van der Waals surface area contributed by atoms with Crippen LogP contribution in [0.3, 0.4) is 0 Å². The highest BCUT2D eigenvalue weighted by Gasteiger charge is 2.44. The molecule has 1 N–H and O–H groups in total. The van der Waals surface area contributed by atoms with Crippen LogP contribution in [0, 0.1) is 6.92 Å². The van der Waals surface area contributed by atoms with Crippen LogP contribution in [0.4, 0.5) is 17.6 Å². The molecule has 3 nitrogen and oxygen atoms in total. The smallest absolute Gasteiger partial charge is 0.387 e. The van der Waals surface area contributed by atoms with E-state index < -0.39 is 29.8 Å². The quantitative estimate of drug-likeness (QED) is 0.838. The average Bonchev–Trinajstić information content (AvgIpc) is 2.19. The Morgan fingerprint density at radius 3 is 2.47 bits per heavy atom. The summed E-state index contributed by atoms with van der Waals surface area (Å²) in [6.07, 6.45) is 0. The van der Waals surface area contributed by atoms with Crippen molar-refractivity contribution in [3.8, 4) is 5.75 Å². The summed E-state index contributed by atoms with van der Waals surface area (Å²) >= 11 is 0. The van der Waals surface area contributed by atoms with Crippen LogP contribution >= 0.6 is 0 Å². The van der Waals surface area contributed by atoms with Crippen molar-refractivity contribution in [2.45, 2.75) is 19.5 Å². The number of halogens is 4. The third-order valence-corrected chi connectivity index (χ3v) is 2.03. The molecule has 0 atom stereocenters. The van der Waals surface area contributed by atoms with Gasteiger partial charge in [0, 0.05) is 0 Å². The standard InChI is InChI=1S/C10H8F4O3/c1-5-3-2-4-6(7(5)17-9(11)12)10(13,14)8(15)16/h2-4,9H,1H3,(H,15,16). The summed E-state index contributed by atoms with van der Waals surface area (Å²) in [6.45, 7) is -2.04. The van der Waals surface area contributed by atoms with Gasteiger partial charge in [0.2, 0.25) is 0 Å². The molecule has 0 aliphatic heterocycles. The number of carboxylic acid groups (broad SMARTS) is 1. The van der Waals surface area contributed by atoms with E-state index in [1.165, 1.54) is 13.0 Å². The number of aryl methyl sites for hydroxylation is 1. The first kappa shape index (κ1) is 13.3. The summed E-state index contributed by atoms with van der Waals surface area (Å²) in [5, 5.41) is 8.35. The van der Waals surface area contributed by atoms with Gasteiger partial charge in [-0.1, -0.05) is 12.1 Å². The van der Waals surface area contributed by atoms with Crippen molar-refractivity contribution in [2.24, 2.45) is 0 Å². The number of rotatable bonds is 4. The lowest BCUT2D eigenvalue weighted by molar-refractivity contribution is -0.167. The van der Waals surface area contributed by atoms with Crippen molar-refractivity contribution in [1.29, 1.82) is 0 Å². The summed E-state index contributed by atoms with van der Waals surface area (Å²) < 4.78 is 54.5. The molecule has 1 aromatic carbocycles. The molecule has 0 spiro atoms. The number of carboxylic acids is 1. The second kappa shape index (κ2) is 4.60. The Balaban J connectivity index is 3.33. The second-order valence-corrected chi connectivity index (χ2v) is 3.21. The molecule has 17 heavy (non-hydrogen) atoms. The van der Waals surface area contributed by atoms with E-state index >= 15 is 0 Å². The van der Waals surface area contributed by atoms with Crippen LogP contribution in [-0.2, 0) is 10.7 Å². The number of benzene rings is 1. The molecule has 0 aromatic heterocycles. The summed E-state index contributed by atoms with van der Waals surface area (Å²) in [5.41, 5.74) is -1.09. The normalized spacial score (nSPS) is 11.6. The highest BCUT2D eigenvalue weighted by Crippen LogP contribution is 2.37. The zero-order chi connectivity index (χ0) is 13.2. The number of alkyl halides is 4. The van der Waals surface area contributed by atoms with Gasteiger partial charge in [0.15, 0.2) is 0 Å². The summed E-state index contributed by atoms with van der Waals surface area (Å²) in [5.74, 6) is -7.52. The lowest BCUT2D eigenvalue weighted by Crippen LogP contribution is -2.26. The molecule has 0 unspecified atom stereocenters. The first-order valence-corrected chi connectivity index (χ1v) is 4.43. The van der Waals surface area contributed by atoms with Gasteiger partial charge in [-0.25, -0.2) is 4.79 Å². The molecule has 94 valence electrons. The Morgan fingerprint density at radius 2 is 2.00 bits per heavy atom. The maximum atomic E-state index is 13.2. The monoisotopic (exact) mass is 252 g/mol. The van der Waals surface area contributed by atoms with Crippen LogP contribution in [0.25, 0.3) is 0 Å². The Morgan fingerprint density at radius 1 is 1.41 bits per heavy atom. The molecule has 0 amide bonds. The van der Waals surface area contributed by atoms with Gasteiger partial charge in [-0.05, 0) is 18.6 Å². The minimum absolute atomic E-state index is 0.00345. The molecule has 0 saturated heterocycles. The summed E-state index contributed by atoms with van der Waals surface area (Å²) in [6, 6.07) is 3.14. The van der Waals surface area contributed by atoms with Crippen LogP contribution < -0.4 is 4.74 Å². The predicted octanol–water partition coefficient (Wildman–Crippen LogP) is 2.77. The van der Waals surface area contributed by atoms with Crippen molar-refractivity contribution in [1.82, 2.24) is 0 Å². The van der Waals surface area contributed by atoms with E-state index in [0.717, 1.165) is 12.1 Å². The van der Waals surface area contributed by atoms with Crippen molar-refractivity contribution >= 4 is 5.97 Å². The number of hydrogen-bond donors (Lipinski definition) is 1. The minimum Gasteiger partial charge on any atom is -0.477 e. The van der Waals surface area contributed by atoms with Crippen molar-refractivity contribution in [2.75, 3.05) is 0 Å². The zero-order valence-corrected chi connectivity index (χ0v) is 8.58. The fraction of sp³-hybridized carbons (Fsp3) is 0.300. The van der Waals surface area contributed by atoms with Gasteiger partial charge in [-0.3, -0.25) is 0 Å². The van der Waals surface area contributed by atoms with Crippen molar-refractivity contribution < 1.29 is 32.2 Å². The van der Waals surface area contributed by atoms with E-state index in [9.17, 15) is 22.4 Å². The molecule has 0 fully saturated rings. The van der Waals surface area contributed by atoms with Gasteiger partial charge in [-0.15, -0.1) is 0 Å². The van der Waals surface area contributed by atoms with Crippen LogP contribution in [0.2, 0.25) is 0 Å². The first-order chi connectivity index (χ1) is 7.76. The summed E-state index contributed by atoms with van der Waals surface area (Å²) in [7, 11) is 0. The fourth-order valence-corrected chi connectivity index (χ4v) is 1.26. The predicted molar refractivity (Wildman–Crippen MR) is 49.3 cm³/mol. The van der Waals surface area contributed by atoms with Crippen LogP contribution in [0.5, 0.6) is 5.75 Å². The van der Waals surface area contributed by atoms with Crippen LogP contribution in [0.1, 0.15) is 11.1 Å². The van der Waals surface area contributed by atoms with E-state index in [4.69, 9.17) is 5.11 Å². The molecule has 1 rings (SSSR count). The second-order valence-electron chi connectivity index (χ2n) is 3.21. The molecular weight excluding hydrogens is 244 g/mol. The highest BCUT2D eigenvalue weighted by molar-refractivity contribution is 5.78. The maximum absolute atomic E-state index is 13.2. The number of aliphatic carboxylic acids is 1. The zero-order valence-electron chi connectivity index (χ0n) is 8.58. The van der Waals surface area contributed by atoms with Crippen molar-refractivity contribution in [3.05, 3.63) is 29.3 Å². The first-order valence-electron chi connectivity index (χ1n) is 4.43. The lowest BCUT2D eigenvalue weighted by Gasteiger charge is -2.17. The van der Waals surface area contributed by atoms with E-state index in [0.29, 0.717) is 0 Å². The van der Waals surface area contributed by atoms with Crippen molar-refractivity contribution in [3.63, 3.8) is 0 Å². The van der Waals surface area contributed by atoms with E-state index in [2.05, 4.69) is 4.74 Å². The summed E-state index contributed by atoms with van der Waals surface area (Å²) in [4.78, 5) is 10.4. The SMILES string of the molecule is Cc1cccc(C(F)(F)C(=O)O)c1OC(F)F. The molecule has 0 radical (unpaired) electrons. The molecule has 1 aromatic rings. The molecule has 7 heteroatoms. The van der Waals surface area contributed by atoms with Crippen LogP contribution in [0.15, 0.2) is 18.2 Å². The van der Waals surface area contributed by atoms with Gasteiger partial charge < -0.3 is 9.84 Å². The molecule has 0 heterocycles. The Labute approximate surface area is 93.6 Å². The fourth-order valence-electron chi connectivity index (χ4n) is 1.26. The van der Waals surface area contributed by atoms with E-state index in [-0.39, 0.29) is 5.56 Å². The van der Waals surface area contributed by atoms with E-state index in [1.54, 1.807) is 0 Å². The lowest BCUT2D eigenvalue weighted by atomic mass is 10.0. The minimum atomic E-state index is -4.28. The topological polar surface area (TPSA) is 46.5 Å². The molecule has 0 aliphatic carbocycles. The molecular formula is C10H8F4O3. The Hall–Kier alpha value is -1.79. The van der Waals surface area contributed by atoms with Gasteiger partial charge in [0.05, 0.1) is 5.56 Å². The average molecular weight is 252 g/mol. The Bertz CT molecular complexity index is 432.